The van der Waals surface area contributed by atoms with Gasteiger partial charge >= 0.3 is 0 Å². The van der Waals surface area contributed by atoms with Crippen molar-refractivity contribution in [1.82, 2.24) is 15.3 Å². The fourth-order valence-corrected chi connectivity index (χ4v) is 1.47. The number of halogens is 2. The summed E-state index contributed by atoms with van der Waals surface area (Å²) in [6.07, 6.45) is 1.76. The molecule has 0 aliphatic heterocycles. The van der Waals surface area contributed by atoms with Crippen LogP contribution in [0.4, 0.5) is 10.2 Å². The lowest BCUT2D eigenvalue weighted by molar-refractivity contribution is -0.119. The van der Waals surface area contributed by atoms with Crippen molar-refractivity contribution in [3.05, 3.63) is 17.3 Å². The fraction of sp³-hybridized carbons (Fsp3) is 0.500. The maximum atomic E-state index is 13.5. The van der Waals surface area contributed by atoms with Crippen molar-refractivity contribution in [2.75, 3.05) is 25.0 Å². The summed E-state index contributed by atoms with van der Waals surface area (Å²) in [6.45, 7) is 2.48. The predicted octanol–water partition coefficient (Wildman–Crippen LogP) is 1.23. The molecule has 0 unspecified atom stereocenters. The van der Waals surface area contributed by atoms with Gasteiger partial charge in [0.15, 0.2) is 11.6 Å². The van der Waals surface area contributed by atoms with Gasteiger partial charge in [-0.05, 0) is 18.0 Å². The summed E-state index contributed by atoms with van der Waals surface area (Å²) in [5.74, 6) is -0.755. The van der Waals surface area contributed by atoms with Gasteiger partial charge in [-0.1, -0.05) is 6.92 Å². The molecule has 1 rings (SSSR count). The Labute approximate surface area is 104 Å². The Hall–Kier alpha value is -1.43. The van der Waals surface area contributed by atoms with Crippen molar-refractivity contribution < 1.29 is 9.18 Å². The van der Waals surface area contributed by atoms with E-state index in [0.717, 1.165) is 12.6 Å². The Balaban J connectivity index is 2.95. The number of likely N-dealkylation sites (N-methyl/N-ethyl adjacent to an activating group) is 1. The molecule has 5 nitrogen and oxygen atoms in total. The van der Waals surface area contributed by atoms with Crippen molar-refractivity contribution in [2.24, 2.45) is 0 Å². The van der Waals surface area contributed by atoms with E-state index in [2.05, 4.69) is 15.3 Å². The molecule has 94 valence electrons. The fourth-order valence-electron chi connectivity index (χ4n) is 1.34. The van der Waals surface area contributed by atoms with Gasteiger partial charge in [0, 0.05) is 13.6 Å². The first-order valence-electron chi connectivity index (χ1n) is 5.22. The molecule has 0 fully saturated rings. The van der Waals surface area contributed by atoms with Crippen molar-refractivity contribution in [3.8, 4) is 0 Å². The zero-order valence-corrected chi connectivity index (χ0v) is 10.5. The first-order valence-corrected chi connectivity index (χ1v) is 5.59. The number of anilines is 1. The molecular weight excluding hydrogens is 247 g/mol. The highest BCUT2D eigenvalue weighted by Gasteiger charge is 2.16. The lowest BCUT2D eigenvalue weighted by atomic mass is 10.3. The van der Waals surface area contributed by atoms with Gasteiger partial charge in [0.2, 0.25) is 11.2 Å². The third-order valence-electron chi connectivity index (χ3n) is 2.10. The van der Waals surface area contributed by atoms with Gasteiger partial charge in [0.1, 0.15) is 0 Å². The molecule has 0 aromatic carbocycles. The summed E-state index contributed by atoms with van der Waals surface area (Å²) in [5, 5.41) is 2.44. The van der Waals surface area contributed by atoms with Crippen LogP contribution in [-0.2, 0) is 4.79 Å². The molecular formula is C10H14ClFN4O. The first-order chi connectivity index (χ1) is 8.08. The van der Waals surface area contributed by atoms with E-state index in [4.69, 9.17) is 11.6 Å². The molecule has 17 heavy (non-hydrogen) atoms. The van der Waals surface area contributed by atoms with E-state index in [1.54, 1.807) is 0 Å². The van der Waals surface area contributed by atoms with Crippen LogP contribution in [0.15, 0.2) is 6.20 Å². The number of hydrogen-bond acceptors (Lipinski definition) is 4. The highest BCUT2D eigenvalue weighted by molar-refractivity contribution is 6.28. The first kappa shape index (κ1) is 13.6. The van der Waals surface area contributed by atoms with E-state index in [1.807, 2.05) is 6.92 Å². The number of amides is 1. The van der Waals surface area contributed by atoms with Gasteiger partial charge < -0.3 is 10.2 Å². The Kier molecular flexibility index (Phi) is 5.09. The minimum Gasteiger partial charge on any atom is -0.358 e. The largest absolute Gasteiger partial charge is 0.358 e. The van der Waals surface area contributed by atoms with Crippen LogP contribution in [0.3, 0.4) is 0 Å². The summed E-state index contributed by atoms with van der Waals surface area (Å²) < 4.78 is 13.5. The quantitative estimate of drug-likeness (QED) is 0.809. The second-order valence-corrected chi connectivity index (χ2v) is 3.74. The number of carbonyl (C=O) groups is 1. The molecule has 0 bridgehead atoms. The van der Waals surface area contributed by atoms with Crippen LogP contribution in [0.25, 0.3) is 0 Å². The summed E-state index contributed by atoms with van der Waals surface area (Å²) >= 11 is 5.62. The average Bonchev–Trinajstić information content (AvgIpc) is 2.31. The monoisotopic (exact) mass is 260 g/mol. The second-order valence-electron chi connectivity index (χ2n) is 3.41. The molecule has 1 amide bonds. The number of carbonyl (C=O) groups excluding carboxylic acids is 1. The zero-order valence-electron chi connectivity index (χ0n) is 9.70. The Morgan fingerprint density at radius 2 is 2.35 bits per heavy atom. The van der Waals surface area contributed by atoms with Crippen LogP contribution in [0.1, 0.15) is 13.3 Å². The van der Waals surface area contributed by atoms with E-state index in [0.29, 0.717) is 6.54 Å². The predicted molar refractivity (Wildman–Crippen MR) is 63.6 cm³/mol. The van der Waals surface area contributed by atoms with Crippen LogP contribution in [-0.4, -0.2) is 36.0 Å². The van der Waals surface area contributed by atoms with Gasteiger partial charge in [-0.15, -0.1) is 0 Å². The molecule has 0 saturated heterocycles. The van der Waals surface area contributed by atoms with Gasteiger partial charge in [-0.2, -0.15) is 4.98 Å². The van der Waals surface area contributed by atoms with Crippen molar-refractivity contribution in [2.45, 2.75) is 13.3 Å². The van der Waals surface area contributed by atoms with Gasteiger partial charge in [0.05, 0.1) is 12.7 Å². The van der Waals surface area contributed by atoms with Crippen molar-refractivity contribution >= 4 is 23.3 Å². The van der Waals surface area contributed by atoms with Gasteiger partial charge in [-0.3, -0.25) is 4.79 Å². The molecule has 1 aromatic rings. The van der Waals surface area contributed by atoms with E-state index in [-0.39, 0.29) is 23.6 Å². The number of rotatable bonds is 5. The summed E-state index contributed by atoms with van der Waals surface area (Å²) in [7, 11) is 1.52. The SMILES string of the molecule is CCCN(CC(=O)NC)c1nc(Cl)ncc1F. The minimum atomic E-state index is -0.591. The minimum absolute atomic E-state index is 0.0363. The molecule has 0 aliphatic rings. The van der Waals surface area contributed by atoms with Crippen LogP contribution in [0.5, 0.6) is 0 Å². The maximum absolute atomic E-state index is 13.5. The molecule has 0 spiro atoms. The topological polar surface area (TPSA) is 58.1 Å². The van der Waals surface area contributed by atoms with E-state index < -0.39 is 5.82 Å². The Bertz CT molecular complexity index is 402. The van der Waals surface area contributed by atoms with Crippen molar-refractivity contribution in [3.63, 3.8) is 0 Å². The third kappa shape index (κ3) is 3.81. The second kappa shape index (κ2) is 6.34. The maximum Gasteiger partial charge on any atom is 0.239 e. The van der Waals surface area contributed by atoms with Gasteiger partial charge in [-0.25, -0.2) is 9.37 Å². The number of hydrogen-bond donors (Lipinski definition) is 1. The number of nitrogens with one attached hydrogen (secondary N) is 1. The molecule has 0 atom stereocenters. The smallest absolute Gasteiger partial charge is 0.239 e. The molecule has 1 heterocycles. The Morgan fingerprint density at radius 1 is 1.65 bits per heavy atom. The van der Waals surface area contributed by atoms with Crippen LogP contribution in [0.2, 0.25) is 5.28 Å². The summed E-state index contributed by atoms with van der Waals surface area (Å²) in [5.41, 5.74) is 0. The third-order valence-corrected chi connectivity index (χ3v) is 2.28. The number of nitrogens with zero attached hydrogens (tertiary/aromatic N) is 3. The highest BCUT2D eigenvalue weighted by Crippen LogP contribution is 2.17. The molecule has 1 N–H and O–H groups in total. The van der Waals surface area contributed by atoms with Crippen molar-refractivity contribution in [1.29, 1.82) is 0 Å². The lowest BCUT2D eigenvalue weighted by Gasteiger charge is -2.22. The van der Waals surface area contributed by atoms with E-state index >= 15 is 0 Å². The van der Waals surface area contributed by atoms with Gasteiger partial charge in [0.25, 0.3) is 0 Å². The van der Waals surface area contributed by atoms with E-state index in [1.165, 1.54) is 11.9 Å². The normalized spacial score (nSPS) is 10.1. The molecule has 0 saturated carbocycles. The highest BCUT2D eigenvalue weighted by atomic mass is 35.5. The molecule has 7 heteroatoms. The van der Waals surface area contributed by atoms with Crippen LogP contribution >= 0.6 is 11.6 Å². The average molecular weight is 261 g/mol. The summed E-state index contributed by atoms with van der Waals surface area (Å²) in [6, 6.07) is 0. The van der Waals surface area contributed by atoms with E-state index in [9.17, 15) is 9.18 Å². The molecule has 0 aliphatic carbocycles. The lowest BCUT2D eigenvalue weighted by Crippen LogP contribution is -2.37. The zero-order chi connectivity index (χ0) is 12.8. The van der Waals surface area contributed by atoms with Crippen LogP contribution in [0, 0.1) is 5.82 Å². The Morgan fingerprint density at radius 3 is 2.94 bits per heavy atom. The molecule has 1 aromatic heterocycles. The molecule has 0 radical (unpaired) electrons. The van der Waals surface area contributed by atoms with Crippen LogP contribution < -0.4 is 10.2 Å². The summed E-state index contributed by atoms with van der Waals surface area (Å²) in [4.78, 5) is 20.2. The number of aromatic nitrogens is 2. The standard InChI is InChI=1S/C10H14ClFN4O/c1-3-4-16(6-8(17)13-2)9-7(12)5-14-10(11)15-9/h5H,3-4,6H2,1-2H3,(H,13,17).